The lowest BCUT2D eigenvalue weighted by Crippen LogP contribution is -2.41. The Bertz CT molecular complexity index is 362. The maximum Gasteiger partial charge on any atom is 0.142 e. The van der Waals surface area contributed by atoms with Gasteiger partial charge >= 0.3 is 0 Å². The Morgan fingerprint density at radius 2 is 1.94 bits per heavy atom. The molecule has 17 heavy (non-hydrogen) atoms. The van der Waals surface area contributed by atoms with Gasteiger partial charge in [0.05, 0.1) is 12.3 Å². The number of nitrogen functional groups attached to an aromatic ring is 1. The molecule has 0 atom stereocenters. The van der Waals surface area contributed by atoms with Crippen LogP contribution >= 0.6 is 0 Å². The third-order valence-electron chi connectivity index (χ3n) is 3.44. The maximum absolute atomic E-state index is 5.87. The fraction of sp³-hybridized carbons (Fsp3) is 0.538. The lowest BCUT2D eigenvalue weighted by molar-refractivity contribution is -0.00484. The van der Waals surface area contributed by atoms with E-state index in [4.69, 9.17) is 20.9 Å². The van der Waals surface area contributed by atoms with Crippen molar-refractivity contribution in [2.75, 3.05) is 32.1 Å². The zero-order chi connectivity index (χ0) is 12.1. The summed E-state index contributed by atoms with van der Waals surface area (Å²) in [6.07, 6.45) is 1.91. The molecule has 0 radical (unpaired) electrons. The van der Waals surface area contributed by atoms with Gasteiger partial charge < -0.3 is 20.9 Å². The summed E-state index contributed by atoms with van der Waals surface area (Å²) < 4.78 is 11.2. The molecule has 1 heterocycles. The van der Waals surface area contributed by atoms with Gasteiger partial charge in [-0.1, -0.05) is 12.1 Å². The van der Waals surface area contributed by atoms with Crippen molar-refractivity contribution in [3.63, 3.8) is 0 Å². The molecule has 0 bridgehead atoms. The number of rotatable bonds is 4. The Hall–Kier alpha value is -1.26. The van der Waals surface area contributed by atoms with Crippen molar-refractivity contribution >= 4 is 5.69 Å². The van der Waals surface area contributed by atoms with Gasteiger partial charge in [-0.2, -0.15) is 0 Å². The van der Waals surface area contributed by atoms with Crippen molar-refractivity contribution in [3.8, 4) is 5.75 Å². The van der Waals surface area contributed by atoms with Crippen molar-refractivity contribution in [3.05, 3.63) is 24.3 Å². The number of hydrogen-bond acceptors (Lipinski definition) is 4. The van der Waals surface area contributed by atoms with Gasteiger partial charge in [0.1, 0.15) is 5.75 Å². The molecule has 0 amide bonds. The average Bonchev–Trinajstić information content (AvgIpc) is 2.39. The first kappa shape index (κ1) is 12.2. The highest BCUT2D eigenvalue weighted by Gasteiger charge is 2.32. The zero-order valence-electron chi connectivity index (χ0n) is 10.0. The number of para-hydroxylation sites is 2. The van der Waals surface area contributed by atoms with Crippen LogP contribution in [0.3, 0.4) is 0 Å². The minimum atomic E-state index is 0.0422. The van der Waals surface area contributed by atoms with Gasteiger partial charge in [0.15, 0.2) is 0 Å². The lowest BCUT2D eigenvalue weighted by Gasteiger charge is -2.35. The van der Waals surface area contributed by atoms with E-state index < -0.39 is 0 Å². The van der Waals surface area contributed by atoms with E-state index in [1.165, 1.54) is 0 Å². The topological polar surface area (TPSA) is 70.5 Å². The van der Waals surface area contributed by atoms with Crippen LogP contribution in [-0.2, 0) is 4.74 Å². The van der Waals surface area contributed by atoms with Crippen molar-refractivity contribution in [1.29, 1.82) is 0 Å². The van der Waals surface area contributed by atoms with Gasteiger partial charge in [0, 0.05) is 25.2 Å². The SMILES string of the molecule is NCC1(COc2ccccc2N)CCOCC1. The second-order valence-electron chi connectivity index (χ2n) is 4.64. The summed E-state index contributed by atoms with van der Waals surface area (Å²) in [6.45, 7) is 2.78. The third kappa shape index (κ3) is 2.90. The predicted octanol–water partition coefficient (Wildman–Crippen LogP) is 1.40. The highest BCUT2D eigenvalue weighted by molar-refractivity contribution is 5.51. The summed E-state index contributed by atoms with van der Waals surface area (Å²) in [7, 11) is 0. The largest absolute Gasteiger partial charge is 0.491 e. The van der Waals surface area contributed by atoms with Crippen molar-refractivity contribution in [2.45, 2.75) is 12.8 Å². The van der Waals surface area contributed by atoms with Gasteiger partial charge in [0.25, 0.3) is 0 Å². The van der Waals surface area contributed by atoms with E-state index in [1.54, 1.807) is 0 Å². The van der Waals surface area contributed by atoms with Crippen molar-refractivity contribution < 1.29 is 9.47 Å². The molecule has 0 spiro atoms. The van der Waals surface area contributed by atoms with Crippen LogP contribution in [0.2, 0.25) is 0 Å². The smallest absolute Gasteiger partial charge is 0.142 e. The molecule has 4 nitrogen and oxygen atoms in total. The third-order valence-corrected chi connectivity index (χ3v) is 3.44. The Morgan fingerprint density at radius 3 is 2.59 bits per heavy atom. The highest BCUT2D eigenvalue weighted by Crippen LogP contribution is 2.31. The van der Waals surface area contributed by atoms with Gasteiger partial charge in [-0.3, -0.25) is 0 Å². The van der Waals surface area contributed by atoms with E-state index >= 15 is 0 Å². The molecule has 2 rings (SSSR count). The first-order chi connectivity index (χ1) is 8.26. The molecular weight excluding hydrogens is 216 g/mol. The number of benzene rings is 1. The average molecular weight is 236 g/mol. The molecule has 1 fully saturated rings. The first-order valence-corrected chi connectivity index (χ1v) is 6.01. The molecule has 94 valence electrons. The molecular formula is C13H20N2O2. The summed E-state index contributed by atoms with van der Waals surface area (Å²) in [5, 5.41) is 0. The Balaban J connectivity index is 1.98. The minimum Gasteiger partial charge on any atom is -0.491 e. The first-order valence-electron chi connectivity index (χ1n) is 6.01. The van der Waals surface area contributed by atoms with Crippen LogP contribution in [0.25, 0.3) is 0 Å². The van der Waals surface area contributed by atoms with Gasteiger partial charge in [0.2, 0.25) is 0 Å². The normalized spacial score (nSPS) is 18.9. The second kappa shape index (κ2) is 5.38. The second-order valence-corrected chi connectivity index (χ2v) is 4.64. The molecule has 4 heteroatoms. The van der Waals surface area contributed by atoms with Crippen LogP contribution in [0.15, 0.2) is 24.3 Å². The van der Waals surface area contributed by atoms with Crippen LogP contribution in [0.5, 0.6) is 5.75 Å². The number of anilines is 1. The fourth-order valence-electron chi connectivity index (χ4n) is 2.05. The molecule has 1 aliphatic rings. The maximum atomic E-state index is 5.87. The summed E-state index contributed by atoms with van der Waals surface area (Å²) in [6, 6.07) is 7.55. The summed E-state index contributed by atoms with van der Waals surface area (Å²) in [5.74, 6) is 0.742. The van der Waals surface area contributed by atoms with E-state index in [0.717, 1.165) is 31.8 Å². The number of nitrogens with two attached hydrogens (primary N) is 2. The van der Waals surface area contributed by atoms with Gasteiger partial charge in [-0.25, -0.2) is 0 Å². The van der Waals surface area contributed by atoms with Crippen LogP contribution in [0.1, 0.15) is 12.8 Å². The molecule has 0 aromatic heterocycles. The molecule has 1 saturated heterocycles. The summed E-state index contributed by atoms with van der Waals surface area (Å²) in [5.41, 5.74) is 12.4. The van der Waals surface area contributed by atoms with E-state index in [2.05, 4.69) is 0 Å². The van der Waals surface area contributed by atoms with Crippen LogP contribution in [-0.4, -0.2) is 26.4 Å². The Kier molecular flexibility index (Phi) is 3.86. The Labute approximate surface area is 102 Å². The fourth-order valence-corrected chi connectivity index (χ4v) is 2.05. The standard InChI is InChI=1S/C13H20N2O2/c14-9-13(5-7-16-8-6-13)10-17-12-4-2-1-3-11(12)15/h1-4H,5-10,14-15H2. The predicted molar refractivity (Wildman–Crippen MR) is 67.9 cm³/mol. The van der Waals surface area contributed by atoms with Crippen LogP contribution in [0.4, 0.5) is 5.69 Å². The van der Waals surface area contributed by atoms with Crippen molar-refractivity contribution in [2.24, 2.45) is 11.1 Å². The molecule has 4 N–H and O–H groups in total. The monoisotopic (exact) mass is 236 g/mol. The van der Waals surface area contributed by atoms with Gasteiger partial charge in [-0.15, -0.1) is 0 Å². The number of ether oxygens (including phenoxy) is 2. The van der Waals surface area contributed by atoms with E-state index in [1.807, 2.05) is 24.3 Å². The van der Waals surface area contributed by atoms with Crippen LogP contribution < -0.4 is 16.2 Å². The summed E-state index contributed by atoms with van der Waals surface area (Å²) >= 11 is 0. The molecule has 0 unspecified atom stereocenters. The number of hydrogen-bond donors (Lipinski definition) is 2. The van der Waals surface area contributed by atoms with Crippen LogP contribution in [0, 0.1) is 5.41 Å². The van der Waals surface area contributed by atoms with E-state index in [9.17, 15) is 0 Å². The Morgan fingerprint density at radius 1 is 1.24 bits per heavy atom. The summed E-state index contributed by atoms with van der Waals surface area (Å²) in [4.78, 5) is 0. The quantitative estimate of drug-likeness (QED) is 0.775. The van der Waals surface area contributed by atoms with E-state index in [-0.39, 0.29) is 5.41 Å². The zero-order valence-corrected chi connectivity index (χ0v) is 10.0. The lowest BCUT2D eigenvalue weighted by atomic mass is 9.81. The molecule has 0 aliphatic carbocycles. The molecule has 1 aliphatic heterocycles. The minimum absolute atomic E-state index is 0.0422. The molecule has 0 saturated carbocycles. The van der Waals surface area contributed by atoms with E-state index in [0.29, 0.717) is 18.8 Å². The highest BCUT2D eigenvalue weighted by atomic mass is 16.5. The van der Waals surface area contributed by atoms with Gasteiger partial charge in [-0.05, 0) is 25.0 Å². The van der Waals surface area contributed by atoms with Crippen molar-refractivity contribution in [1.82, 2.24) is 0 Å². The molecule has 1 aromatic carbocycles. The molecule has 1 aromatic rings.